The Bertz CT molecular complexity index is 704. The van der Waals surface area contributed by atoms with Gasteiger partial charge in [0.05, 0.1) is 12.3 Å². The minimum absolute atomic E-state index is 0.0497. The summed E-state index contributed by atoms with van der Waals surface area (Å²) in [5.41, 5.74) is 0. The van der Waals surface area contributed by atoms with E-state index in [1.807, 2.05) is 14.1 Å². The lowest BCUT2D eigenvalue weighted by atomic mass is 10.1. The minimum Gasteiger partial charge on any atom is -0.363 e. The molecule has 132 valence electrons. The van der Waals surface area contributed by atoms with Gasteiger partial charge in [0.1, 0.15) is 11.6 Å². The molecule has 1 saturated heterocycles. The Kier molecular flexibility index (Phi) is 5.84. The van der Waals surface area contributed by atoms with Gasteiger partial charge in [-0.05, 0) is 12.5 Å². The largest absolute Gasteiger partial charge is 0.363 e. The highest BCUT2D eigenvalue weighted by Crippen LogP contribution is 2.12. The maximum atomic E-state index is 12.1. The fourth-order valence-corrected chi connectivity index (χ4v) is 3.15. The van der Waals surface area contributed by atoms with E-state index in [1.165, 1.54) is 0 Å². The van der Waals surface area contributed by atoms with E-state index in [0.29, 0.717) is 18.1 Å². The van der Waals surface area contributed by atoms with E-state index in [1.54, 1.807) is 17.2 Å². The fraction of sp³-hybridized carbons (Fsp3) is 0.571. The Labute approximate surface area is 141 Å². The maximum absolute atomic E-state index is 12.1. The summed E-state index contributed by atoms with van der Waals surface area (Å²) in [6.07, 6.45) is 2.64. The van der Waals surface area contributed by atoms with Crippen molar-refractivity contribution in [2.45, 2.75) is 25.8 Å². The van der Waals surface area contributed by atoms with Crippen LogP contribution in [0.25, 0.3) is 0 Å². The smallest absolute Gasteiger partial charge is 0.229 e. The van der Waals surface area contributed by atoms with E-state index < -0.39 is 10.0 Å². The van der Waals surface area contributed by atoms with Crippen molar-refractivity contribution in [3.05, 3.63) is 18.1 Å². The molecule has 9 nitrogen and oxygen atoms in total. The summed E-state index contributed by atoms with van der Waals surface area (Å²) in [6.45, 7) is -0.183. The fourth-order valence-electron chi connectivity index (χ4n) is 2.23. The Morgan fingerprint density at radius 1 is 1.25 bits per heavy atom. The number of carbonyl (C=O) groups is 2. The zero-order valence-electron chi connectivity index (χ0n) is 13.7. The number of aromatic nitrogens is 2. The first-order valence-electron chi connectivity index (χ1n) is 7.58. The minimum atomic E-state index is -3.65. The SMILES string of the molecule is CN(C)c1ccnc(CNS(=O)(=O)CCN2C(=O)CCCC2=O)n1. The van der Waals surface area contributed by atoms with Crippen molar-refractivity contribution >= 4 is 27.7 Å². The van der Waals surface area contributed by atoms with Gasteiger partial charge in [0.25, 0.3) is 0 Å². The zero-order chi connectivity index (χ0) is 17.7. The molecule has 2 rings (SSSR count). The quantitative estimate of drug-likeness (QED) is 0.656. The van der Waals surface area contributed by atoms with Crippen LogP contribution in [0.5, 0.6) is 0 Å². The van der Waals surface area contributed by atoms with Gasteiger partial charge in [0, 0.05) is 39.7 Å². The van der Waals surface area contributed by atoms with Gasteiger partial charge in [0.15, 0.2) is 0 Å². The lowest BCUT2D eigenvalue weighted by Crippen LogP contribution is -2.44. The van der Waals surface area contributed by atoms with E-state index >= 15 is 0 Å². The number of imide groups is 1. The first-order chi connectivity index (χ1) is 11.3. The predicted molar refractivity (Wildman–Crippen MR) is 87.6 cm³/mol. The van der Waals surface area contributed by atoms with Crippen LogP contribution in [0.2, 0.25) is 0 Å². The van der Waals surface area contributed by atoms with Gasteiger partial charge >= 0.3 is 0 Å². The number of amides is 2. The summed E-state index contributed by atoms with van der Waals surface area (Å²) >= 11 is 0. The van der Waals surface area contributed by atoms with Gasteiger partial charge in [0.2, 0.25) is 21.8 Å². The van der Waals surface area contributed by atoms with Gasteiger partial charge in [-0.2, -0.15) is 0 Å². The molecular weight excluding hydrogens is 334 g/mol. The number of rotatable bonds is 7. The summed E-state index contributed by atoms with van der Waals surface area (Å²) in [5.74, 6) is 0.0447. The lowest BCUT2D eigenvalue weighted by Gasteiger charge is -2.24. The van der Waals surface area contributed by atoms with Gasteiger partial charge in [-0.15, -0.1) is 0 Å². The summed E-state index contributed by atoms with van der Waals surface area (Å²) in [6, 6.07) is 1.71. The molecule has 0 unspecified atom stereocenters. The number of anilines is 1. The van der Waals surface area contributed by atoms with E-state index in [4.69, 9.17) is 0 Å². The molecule has 1 aliphatic rings. The molecule has 1 aliphatic heterocycles. The van der Waals surface area contributed by atoms with Crippen molar-refractivity contribution in [3.8, 4) is 0 Å². The normalized spacial score (nSPS) is 15.7. The van der Waals surface area contributed by atoms with Crippen LogP contribution >= 0.6 is 0 Å². The molecule has 1 fully saturated rings. The second-order valence-corrected chi connectivity index (χ2v) is 7.58. The molecule has 0 spiro atoms. The topological polar surface area (TPSA) is 113 Å². The molecule has 1 aromatic rings. The van der Waals surface area contributed by atoms with Crippen LogP contribution in [0.4, 0.5) is 5.82 Å². The van der Waals surface area contributed by atoms with E-state index in [2.05, 4.69) is 14.7 Å². The van der Waals surface area contributed by atoms with Crippen LogP contribution in [0, 0.1) is 0 Å². The number of piperidine rings is 1. The van der Waals surface area contributed by atoms with Crippen LogP contribution < -0.4 is 9.62 Å². The van der Waals surface area contributed by atoms with Crippen molar-refractivity contribution in [1.82, 2.24) is 19.6 Å². The Morgan fingerprint density at radius 2 is 1.92 bits per heavy atom. The van der Waals surface area contributed by atoms with E-state index in [0.717, 1.165) is 4.90 Å². The summed E-state index contributed by atoms with van der Waals surface area (Å²) in [5, 5.41) is 0. The highest BCUT2D eigenvalue weighted by Gasteiger charge is 2.27. The average Bonchev–Trinajstić information content (AvgIpc) is 2.53. The average molecular weight is 355 g/mol. The second kappa shape index (κ2) is 7.67. The molecule has 24 heavy (non-hydrogen) atoms. The van der Waals surface area contributed by atoms with Crippen molar-refractivity contribution in [2.24, 2.45) is 0 Å². The maximum Gasteiger partial charge on any atom is 0.229 e. The first-order valence-corrected chi connectivity index (χ1v) is 9.23. The number of hydrogen-bond donors (Lipinski definition) is 1. The van der Waals surface area contributed by atoms with E-state index in [-0.39, 0.29) is 43.5 Å². The third-order valence-electron chi connectivity index (χ3n) is 3.57. The summed E-state index contributed by atoms with van der Waals surface area (Å²) < 4.78 is 26.5. The van der Waals surface area contributed by atoms with Crippen LogP contribution in [0.3, 0.4) is 0 Å². The molecule has 1 N–H and O–H groups in total. The number of nitrogens with zero attached hydrogens (tertiary/aromatic N) is 4. The third-order valence-corrected chi connectivity index (χ3v) is 4.87. The van der Waals surface area contributed by atoms with Gasteiger partial charge in [-0.1, -0.05) is 0 Å². The Morgan fingerprint density at radius 3 is 2.54 bits per heavy atom. The number of likely N-dealkylation sites (tertiary alicyclic amines) is 1. The molecule has 1 aromatic heterocycles. The van der Waals surface area contributed by atoms with Crippen LogP contribution in [-0.4, -0.2) is 61.5 Å². The molecule has 0 bridgehead atoms. The predicted octanol–water partition coefficient (Wildman–Crippen LogP) is -0.499. The first kappa shape index (κ1) is 18.3. The monoisotopic (exact) mass is 355 g/mol. The van der Waals surface area contributed by atoms with Gasteiger partial charge in [-0.3, -0.25) is 14.5 Å². The van der Waals surface area contributed by atoms with Crippen LogP contribution in [-0.2, 0) is 26.2 Å². The van der Waals surface area contributed by atoms with Crippen molar-refractivity contribution in [1.29, 1.82) is 0 Å². The molecule has 10 heteroatoms. The Balaban J connectivity index is 1.90. The highest BCUT2D eigenvalue weighted by atomic mass is 32.2. The molecular formula is C14H21N5O4S. The van der Waals surface area contributed by atoms with Gasteiger partial charge < -0.3 is 4.90 Å². The molecule has 0 saturated carbocycles. The lowest BCUT2D eigenvalue weighted by molar-refractivity contribution is -0.147. The van der Waals surface area contributed by atoms with Crippen molar-refractivity contribution in [3.63, 3.8) is 0 Å². The number of sulfonamides is 1. The summed E-state index contributed by atoms with van der Waals surface area (Å²) in [7, 11) is -0.00413. The van der Waals surface area contributed by atoms with Crippen LogP contribution in [0.15, 0.2) is 12.3 Å². The molecule has 2 heterocycles. The van der Waals surface area contributed by atoms with Gasteiger partial charge in [-0.25, -0.2) is 23.1 Å². The van der Waals surface area contributed by atoms with Crippen LogP contribution in [0.1, 0.15) is 25.1 Å². The van der Waals surface area contributed by atoms with E-state index in [9.17, 15) is 18.0 Å². The number of nitrogens with one attached hydrogen (secondary N) is 1. The molecule has 0 aliphatic carbocycles. The molecule has 2 amide bonds. The molecule has 0 atom stereocenters. The zero-order valence-corrected chi connectivity index (χ0v) is 14.5. The standard InChI is InChI=1S/C14H21N5O4S/c1-18(2)12-6-7-15-11(17-12)10-16-24(22,23)9-8-19-13(20)4-3-5-14(19)21/h6-7,16H,3-5,8-10H2,1-2H3. The van der Waals surface area contributed by atoms with Crippen molar-refractivity contribution in [2.75, 3.05) is 31.3 Å². The molecule has 0 aromatic carbocycles. The number of hydrogen-bond acceptors (Lipinski definition) is 7. The summed E-state index contributed by atoms with van der Waals surface area (Å²) in [4.78, 5) is 34.4. The highest BCUT2D eigenvalue weighted by molar-refractivity contribution is 7.89. The van der Waals surface area contributed by atoms with Crippen molar-refractivity contribution < 1.29 is 18.0 Å². The number of carbonyl (C=O) groups excluding carboxylic acids is 2. The molecule has 0 radical (unpaired) electrons. The Hall–Kier alpha value is -2.07. The third kappa shape index (κ3) is 4.96. The second-order valence-electron chi connectivity index (χ2n) is 5.66.